The van der Waals surface area contributed by atoms with Crippen molar-refractivity contribution < 1.29 is 9.53 Å². The first-order chi connectivity index (χ1) is 9.59. The maximum atomic E-state index is 12.4. The number of carbonyl (C=O) groups is 1. The molecule has 0 unspecified atom stereocenters. The van der Waals surface area contributed by atoms with Crippen molar-refractivity contribution in [1.82, 2.24) is 9.78 Å². The molecule has 0 N–H and O–H groups in total. The second kappa shape index (κ2) is 6.88. The van der Waals surface area contributed by atoms with Crippen molar-refractivity contribution in [2.75, 3.05) is 11.9 Å². The molecule has 0 radical (unpaired) electrons. The molecule has 0 spiro atoms. The van der Waals surface area contributed by atoms with Crippen LogP contribution >= 0.6 is 0 Å². The van der Waals surface area contributed by atoms with Gasteiger partial charge in [-0.05, 0) is 19.8 Å². The summed E-state index contributed by atoms with van der Waals surface area (Å²) in [6.45, 7) is 1.85. The van der Waals surface area contributed by atoms with Crippen LogP contribution in [-0.4, -0.2) is 34.9 Å². The van der Waals surface area contributed by atoms with Crippen LogP contribution in [0.3, 0.4) is 0 Å². The van der Waals surface area contributed by atoms with E-state index in [0.29, 0.717) is 0 Å². The number of carbonyl (C=O) groups excluding carboxylic acids is 1. The number of likely N-dealkylation sites (N-methyl/N-ethyl adjacent to an activating group) is 1. The molecule has 0 aliphatic heterocycles. The molecule has 2 rings (SSSR count). The van der Waals surface area contributed by atoms with Gasteiger partial charge >= 0.3 is 0 Å². The van der Waals surface area contributed by atoms with Gasteiger partial charge in [0, 0.05) is 20.2 Å². The van der Waals surface area contributed by atoms with Crippen molar-refractivity contribution in [3.8, 4) is 0 Å². The number of aryl methyl sites for hydroxylation is 1. The summed E-state index contributed by atoms with van der Waals surface area (Å²) in [7, 11) is 3.60. The van der Waals surface area contributed by atoms with Gasteiger partial charge in [0.1, 0.15) is 11.9 Å². The van der Waals surface area contributed by atoms with Gasteiger partial charge in [-0.1, -0.05) is 25.7 Å². The Balaban J connectivity index is 1.92. The Hall–Kier alpha value is -1.36. The van der Waals surface area contributed by atoms with E-state index in [0.717, 1.165) is 18.7 Å². The van der Waals surface area contributed by atoms with E-state index in [-0.39, 0.29) is 12.0 Å². The minimum atomic E-state index is -0.405. The van der Waals surface area contributed by atoms with Crippen molar-refractivity contribution in [3.63, 3.8) is 0 Å². The Bertz CT molecular complexity index is 436. The Labute approximate surface area is 120 Å². The number of amides is 1. The number of aromatic nitrogens is 2. The number of rotatable bonds is 4. The van der Waals surface area contributed by atoms with E-state index in [9.17, 15) is 4.79 Å². The largest absolute Gasteiger partial charge is 0.365 e. The zero-order chi connectivity index (χ0) is 14.5. The lowest BCUT2D eigenvalue weighted by Gasteiger charge is -2.25. The van der Waals surface area contributed by atoms with Gasteiger partial charge in [-0.15, -0.1) is 0 Å². The summed E-state index contributed by atoms with van der Waals surface area (Å²) in [5, 5.41) is 4.09. The fourth-order valence-electron chi connectivity index (χ4n) is 2.81. The molecule has 1 atom stereocenters. The minimum Gasteiger partial charge on any atom is -0.365 e. The SMILES string of the molecule is C[C@H](OC1CCCCCC1)C(=O)N(C)c1ccnn1C. The number of hydrogen-bond donors (Lipinski definition) is 0. The maximum absolute atomic E-state index is 12.4. The molecule has 1 aromatic heterocycles. The fraction of sp³-hybridized carbons (Fsp3) is 0.733. The van der Waals surface area contributed by atoms with E-state index in [2.05, 4.69) is 5.10 Å². The highest BCUT2D eigenvalue weighted by atomic mass is 16.5. The zero-order valence-electron chi connectivity index (χ0n) is 12.7. The predicted octanol–water partition coefficient (Wildman–Crippen LogP) is 2.51. The Morgan fingerprint density at radius 3 is 2.60 bits per heavy atom. The van der Waals surface area contributed by atoms with Crippen LogP contribution in [0, 0.1) is 0 Å². The fourth-order valence-corrected chi connectivity index (χ4v) is 2.81. The maximum Gasteiger partial charge on any atom is 0.256 e. The van der Waals surface area contributed by atoms with Gasteiger partial charge in [0.25, 0.3) is 5.91 Å². The van der Waals surface area contributed by atoms with Crippen molar-refractivity contribution in [1.29, 1.82) is 0 Å². The quantitative estimate of drug-likeness (QED) is 0.796. The number of hydrogen-bond acceptors (Lipinski definition) is 3. The third-order valence-corrected chi connectivity index (χ3v) is 4.02. The van der Waals surface area contributed by atoms with Crippen molar-refractivity contribution in [2.45, 2.75) is 57.7 Å². The second-order valence-corrected chi connectivity index (χ2v) is 5.60. The van der Waals surface area contributed by atoms with Gasteiger partial charge < -0.3 is 4.74 Å². The van der Waals surface area contributed by atoms with Gasteiger partial charge in [0.2, 0.25) is 0 Å². The summed E-state index contributed by atoms with van der Waals surface area (Å²) in [6.07, 6.45) is 8.67. The summed E-state index contributed by atoms with van der Waals surface area (Å²) in [5.74, 6) is 0.768. The van der Waals surface area contributed by atoms with E-state index in [1.54, 1.807) is 22.8 Å². The number of ether oxygens (including phenoxy) is 1. The monoisotopic (exact) mass is 279 g/mol. The van der Waals surface area contributed by atoms with Crippen LogP contribution in [0.1, 0.15) is 45.4 Å². The van der Waals surface area contributed by atoms with Crippen molar-refractivity contribution >= 4 is 11.7 Å². The molecule has 5 nitrogen and oxygen atoms in total. The Morgan fingerprint density at radius 1 is 1.40 bits per heavy atom. The molecule has 1 aliphatic carbocycles. The molecule has 1 heterocycles. The van der Waals surface area contributed by atoms with Crippen LogP contribution in [0.5, 0.6) is 0 Å². The molecule has 1 amide bonds. The highest BCUT2D eigenvalue weighted by Gasteiger charge is 2.24. The van der Waals surface area contributed by atoms with Crippen LogP contribution < -0.4 is 4.90 Å². The molecule has 112 valence electrons. The van der Waals surface area contributed by atoms with Gasteiger partial charge in [-0.3, -0.25) is 14.4 Å². The molecular formula is C15H25N3O2. The van der Waals surface area contributed by atoms with Crippen LogP contribution in [0.4, 0.5) is 5.82 Å². The minimum absolute atomic E-state index is 0.0159. The van der Waals surface area contributed by atoms with Gasteiger partial charge in [0.15, 0.2) is 0 Å². The first-order valence-electron chi connectivity index (χ1n) is 7.50. The lowest BCUT2D eigenvalue weighted by Crippen LogP contribution is -2.39. The molecule has 0 bridgehead atoms. The predicted molar refractivity (Wildman–Crippen MR) is 78.7 cm³/mol. The lowest BCUT2D eigenvalue weighted by molar-refractivity contribution is -0.132. The molecule has 1 aromatic rings. The second-order valence-electron chi connectivity index (χ2n) is 5.60. The van der Waals surface area contributed by atoms with Crippen molar-refractivity contribution in [3.05, 3.63) is 12.3 Å². The highest BCUT2D eigenvalue weighted by Crippen LogP contribution is 2.22. The standard InChI is InChI=1S/C15H25N3O2/c1-12(20-13-8-6-4-5-7-9-13)15(19)17(2)14-10-11-16-18(14)3/h10-13H,4-9H2,1-3H3/t12-/m0/s1. The summed E-state index contributed by atoms with van der Waals surface area (Å²) in [5.41, 5.74) is 0. The summed E-state index contributed by atoms with van der Waals surface area (Å²) >= 11 is 0. The molecule has 0 saturated heterocycles. The summed E-state index contributed by atoms with van der Waals surface area (Å²) in [6, 6.07) is 1.83. The molecule has 20 heavy (non-hydrogen) atoms. The first-order valence-corrected chi connectivity index (χ1v) is 7.50. The molecule has 1 aliphatic rings. The molecule has 0 aromatic carbocycles. The topological polar surface area (TPSA) is 47.4 Å². The van der Waals surface area contributed by atoms with E-state index in [1.165, 1.54) is 25.7 Å². The van der Waals surface area contributed by atoms with Crippen LogP contribution in [0.25, 0.3) is 0 Å². The highest BCUT2D eigenvalue weighted by molar-refractivity contribution is 5.95. The Kier molecular flexibility index (Phi) is 5.17. The van der Waals surface area contributed by atoms with E-state index >= 15 is 0 Å². The zero-order valence-corrected chi connectivity index (χ0v) is 12.7. The van der Waals surface area contributed by atoms with E-state index < -0.39 is 6.10 Å². The summed E-state index contributed by atoms with van der Waals surface area (Å²) in [4.78, 5) is 14.0. The van der Waals surface area contributed by atoms with E-state index in [1.807, 2.05) is 20.0 Å². The number of nitrogens with zero attached hydrogens (tertiary/aromatic N) is 3. The van der Waals surface area contributed by atoms with E-state index in [4.69, 9.17) is 4.74 Å². The van der Waals surface area contributed by atoms with Crippen LogP contribution in [0.15, 0.2) is 12.3 Å². The normalized spacial score (nSPS) is 18.6. The summed E-state index contributed by atoms with van der Waals surface area (Å²) < 4.78 is 7.66. The number of anilines is 1. The van der Waals surface area contributed by atoms with Crippen LogP contribution in [-0.2, 0) is 16.6 Å². The Morgan fingerprint density at radius 2 is 2.05 bits per heavy atom. The molecule has 1 saturated carbocycles. The smallest absolute Gasteiger partial charge is 0.256 e. The third-order valence-electron chi connectivity index (χ3n) is 4.02. The molecule has 1 fully saturated rings. The lowest BCUT2D eigenvalue weighted by atomic mass is 10.1. The van der Waals surface area contributed by atoms with Gasteiger partial charge in [-0.2, -0.15) is 5.10 Å². The van der Waals surface area contributed by atoms with Gasteiger partial charge in [-0.25, -0.2) is 0 Å². The molecule has 5 heteroatoms. The average molecular weight is 279 g/mol. The van der Waals surface area contributed by atoms with Crippen LogP contribution in [0.2, 0.25) is 0 Å². The van der Waals surface area contributed by atoms with Gasteiger partial charge in [0.05, 0.1) is 12.3 Å². The van der Waals surface area contributed by atoms with Crippen molar-refractivity contribution in [2.24, 2.45) is 7.05 Å². The first kappa shape index (κ1) is 15.0. The average Bonchev–Trinajstić information content (AvgIpc) is 2.70. The molecular weight excluding hydrogens is 254 g/mol. The third kappa shape index (κ3) is 3.60.